The second kappa shape index (κ2) is 6.47. The second-order valence-electron chi connectivity index (χ2n) is 6.54. The molecule has 0 aromatic heterocycles. The highest BCUT2D eigenvalue weighted by Gasteiger charge is 2.49. The number of hydrogen-bond acceptors (Lipinski definition) is 3. The predicted octanol–water partition coefficient (Wildman–Crippen LogP) is 2.21. The lowest BCUT2D eigenvalue weighted by Gasteiger charge is -2.37. The fourth-order valence-corrected chi connectivity index (χ4v) is 3.42. The van der Waals surface area contributed by atoms with E-state index in [9.17, 15) is 18.4 Å². The van der Waals surface area contributed by atoms with Crippen LogP contribution >= 0.6 is 0 Å². The molecular formula is C17H19F2NO4. The number of carbonyl (C=O) groups excluding carboxylic acids is 1. The standard InChI is InChI=1S/C17H19F2NO4/c18-12-2-1-3-13(19)15(12)10-8-11(10)16(23)20-17(9-14(21)22)4-6-24-7-5-17/h1-3,10-11H,4-9H2,(H,20,23)(H,21,22). The Labute approximate surface area is 138 Å². The van der Waals surface area contributed by atoms with Gasteiger partial charge in [-0.2, -0.15) is 0 Å². The van der Waals surface area contributed by atoms with Crippen molar-refractivity contribution in [2.75, 3.05) is 13.2 Å². The first-order valence-corrected chi connectivity index (χ1v) is 7.97. The van der Waals surface area contributed by atoms with Gasteiger partial charge in [0.15, 0.2) is 0 Å². The second-order valence-corrected chi connectivity index (χ2v) is 6.54. The number of hydrogen-bond donors (Lipinski definition) is 2. The van der Waals surface area contributed by atoms with E-state index in [1.54, 1.807) is 0 Å². The highest BCUT2D eigenvalue weighted by molar-refractivity contribution is 5.84. The van der Waals surface area contributed by atoms with Crippen molar-refractivity contribution in [2.45, 2.75) is 37.1 Å². The van der Waals surface area contributed by atoms with Crippen LogP contribution in [0, 0.1) is 17.6 Å². The van der Waals surface area contributed by atoms with Crippen LogP contribution in [0.5, 0.6) is 0 Å². The van der Waals surface area contributed by atoms with Gasteiger partial charge in [0.05, 0.1) is 12.0 Å². The number of benzene rings is 1. The van der Waals surface area contributed by atoms with Crippen molar-refractivity contribution in [2.24, 2.45) is 5.92 Å². The van der Waals surface area contributed by atoms with E-state index in [4.69, 9.17) is 9.84 Å². The summed E-state index contributed by atoms with van der Waals surface area (Å²) in [5.41, 5.74) is -0.904. The third-order valence-corrected chi connectivity index (χ3v) is 4.83. The van der Waals surface area contributed by atoms with Crippen LogP contribution in [0.1, 0.15) is 37.2 Å². The fourth-order valence-electron chi connectivity index (χ4n) is 3.42. The van der Waals surface area contributed by atoms with Crippen LogP contribution in [-0.2, 0) is 14.3 Å². The van der Waals surface area contributed by atoms with Crippen molar-refractivity contribution in [1.82, 2.24) is 5.32 Å². The van der Waals surface area contributed by atoms with Crippen molar-refractivity contribution in [3.8, 4) is 0 Å². The van der Waals surface area contributed by atoms with Crippen molar-refractivity contribution < 1.29 is 28.2 Å². The maximum absolute atomic E-state index is 13.8. The SMILES string of the molecule is O=C(O)CC1(NC(=O)C2CC2c2c(F)cccc2F)CCOCC1. The van der Waals surface area contributed by atoms with Crippen LogP contribution in [0.3, 0.4) is 0 Å². The van der Waals surface area contributed by atoms with Crippen molar-refractivity contribution in [3.05, 3.63) is 35.4 Å². The number of carboxylic acid groups (broad SMARTS) is 1. The van der Waals surface area contributed by atoms with E-state index in [0.29, 0.717) is 32.5 Å². The smallest absolute Gasteiger partial charge is 0.305 e. The number of carbonyl (C=O) groups is 2. The molecule has 2 unspecified atom stereocenters. The van der Waals surface area contributed by atoms with Gasteiger partial charge in [0.1, 0.15) is 11.6 Å². The zero-order valence-corrected chi connectivity index (χ0v) is 13.1. The molecule has 1 amide bonds. The van der Waals surface area contributed by atoms with Gasteiger partial charge in [-0.1, -0.05) is 6.07 Å². The van der Waals surface area contributed by atoms with Crippen molar-refractivity contribution in [3.63, 3.8) is 0 Å². The van der Waals surface area contributed by atoms with E-state index in [0.717, 1.165) is 0 Å². The Balaban J connectivity index is 1.70. The fraction of sp³-hybridized carbons (Fsp3) is 0.529. The summed E-state index contributed by atoms with van der Waals surface area (Å²) in [6.45, 7) is 0.757. The largest absolute Gasteiger partial charge is 0.481 e. The topological polar surface area (TPSA) is 75.6 Å². The summed E-state index contributed by atoms with van der Waals surface area (Å²) in [5.74, 6) is -3.66. The van der Waals surface area contributed by atoms with E-state index in [-0.39, 0.29) is 17.9 Å². The number of rotatable bonds is 5. The Morgan fingerprint density at radius 1 is 1.25 bits per heavy atom. The molecule has 3 rings (SSSR count). The maximum Gasteiger partial charge on any atom is 0.305 e. The van der Waals surface area contributed by atoms with Crippen LogP contribution in [0.4, 0.5) is 8.78 Å². The number of carboxylic acids is 1. The van der Waals surface area contributed by atoms with Crippen LogP contribution in [0.2, 0.25) is 0 Å². The Morgan fingerprint density at radius 2 is 1.88 bits per heavy atom. The van der Waals surface area contributed by atoms with Gasteiger partial charge in [-0.3, -0.25) is 9.59 Å². The highest BCUT2D eigenvalue weighted by atomic mass is 19.1. The van der Waals surface area contributed by atoms with E-state index in [2.05, 4.69) is 5.32 Å². The van der Waals surface area contributed by atoms with Gasteiger partial charge in [-0.25, -0.2) is 8.78 Å². The minimum absolute atomic E-state index is 0.0584. The zero-order valence-electron chi connectivity index (χ0n) is 13.1. The third-order valence-electron chi connectivity index (χ3n) is 4.83. The molecule has 130 valence electrons. The lowest BCUT2D eigenvalue weighted by atomic mass is 9.86. The molecule has 2 fully saturated rings. The summed E-state index contributed by atoms with van der Waals surface area (Å²) in [4.78, 5) is 23.6. The molecule has 1 aromatic carbocycles. The Bertz CT molecular complexity index is 638. The third kappa shape index (κ3) is 3.40. The number of halogens is 2. The highest BCUT2D eigenvalue weighted by Crippen LogP contribution is 2.49. The number of amides is 1. The molecule has 7 heteroatoms. The van der Waals surface area contributed by atoms with Gasteiger partial charge in [0.2, 0.25) is 5.91 Å². The molecule has 1 heterocycles. The minimum Gasteiger partial charge on any atom is -0.481 e. The van der Waals surface area contributed by atoms with Crippen molar-refractivity contribution in [1.29, 1.82) is 0 Å². The summed E-state index contributed by atoms with van der Waals surface area (Å²) in [6, 6.07) is 3.64. The number of ether oxygens (including phenoxy) is 1. The molecule has 1 saturated heterocycles. The molecule has 2 aliphatic rings. The summed E-state index contributed by atoms with van der Waals surface area (Å²) in [5, 5.41) is 11.9. The first-order valence-electron chi connectivity index (χ1n) is 7.97. The number of aliphatic carboxylic acids is 1. The Morgan fingerprint density at radius 3 is 2.46 bits per heavy atom. The summed E-state index contributed by atoms with van der Waals surface area (Å²) >= 11 is 0. The summed E-state index contributed by atoms with van der Waals surface area (Å²) in [6.07, 6.45) is 1.00. The van der Waals surface area contributed by atoms with Gasteiger partial charge in [-0.15, -0.1) is 0 Å². The number of nitrogens with one attached hydrogen (secondary N) is 1. The predicted molar refractivity (Wildman–Crippen MR) is 80.4 cm³/mol. The molecule has 2 N–H and O–H groups in total. The van der Waals surface area contributed by atoms with Gasteiger partial charge in [0, 0.05) is 30.6 Å². The molecule has 1 saturated carbocycles. The lowest BCUT2D eigenvalue weighted by molar-refractivity contribution is -0.140. The van der Waals surface area contributed by atoms with Crippen LogP contribution in [0.15, 0.2) is 18.2 Å². The summed E-state index contributed by atoms with van der Waals surface area (Å²) in [7, 11) is 0. The van der Waals surface area contributed by atoms with E-state index >= 15 is 0 Å². The van der Waals surface area contributed by atoms with Gasteiger partial charge in [0.25, 0.3) is 0 Å². The zero-order chi connectivity index (χ0) is 17.3. The monoisotopic (exact) mass is 339 g/mol. The first-order chi connectivity index (χ1) is 11.4. The minimum atomic E-state index is -0.996. The molecule has 1 aromatic rings. The molecular weight excluding hydrogens is 320 g/mol. The average molecular weight is 339 g/mol. The van der Waals surface area contributed by atoms with Crippen molar-refractivity contribution >= 4 is 11.9 Å². The van der Waals surface area contributed by atoms with E-state index in [1.807, 2.05) is 0 Å². The lowest BCUT2D eigenvalue weighted by Crippen LogP contribution is -2.53. The van der Waals surface area contributed by atoms with Crippen LogP contribution in [0.25, 0.3) is 0 Å². The van der Waals surface area contributed by atoms with Gasteiger partial charge >= 0.3 is 5.97 Å². The molecule has 0 bridgehead atoms. The normalized spacial score (nSPS) is 25.1. The molecule has 5 nitrogen and oxygen atoms in total. The van der Waals surface area contributed by atoms with Crippen LogP contribution in [-0.4, -0.2) is 35.7 Å². The maximum atomic E-state index is 13.8. The van der Waals surface area contributed by atoms with E-state index in [1.165, 1.54) is 18.2 Å². The van der Waals surface area contributed by atoms with Crippen LogP contribution < -0.4 is 5.32 Å². The van der Waals surface area contributed by atoms with Gasteiger partial charge < -0.3 is 15.2 Å². The molecule has 1 aliphatic carbocycles. The molecule has 1 aliphatic heterocycles. The van der Waals surface area contributed by atoms with E-state index < -0.39 is 35.0 Å². The molecule has 0 spiro atoms. The summed E-state index contributed by atoms with van der Waals surface area (Å²) < 4.78 is 32.9. The first kappa shape index (κ1) is 16.8. The Hall–Kier alpha value is -2.02. The molecule has 0 radical (unpaired) electrons. The average Bonchev–Trinajstić information content (AvgIpc) is 3.27. The quantitative estimate of drug-likeness (QED) is 0.862. The van der Waals surface area contributed by atoms with Gasteiger partial charge in [-0.05, 0) is 31.4 Å². The molecule has 2 atom stereocenters. The molecule has 24 heavy (non-hydrogen) atoms. The Kier molecular flexibility index (Phi) is 4.54.